The van der Waals surface area contributed by atoms with Gasteiger partial charge in [0.05, 0.1) is 23.2 Å². The Labute approximate surface area is 224 Å². The van der Waals surface area contributed by atoms with E-state index in [1.807, 2.05) is 24.3 Å². The summed E-state index contributed by atoms with van der Waals surface area (Å²) in [5, 5.41) is 12.3. The second-order valence-corrected chi connectivity index (χ2v) is 11.9. The summed E-state index contributed by atoms with van der Waals surface area (Å²) in [7, 11) is 0. The van der Waals surface area contributed by atoms with Crippen LogP contribution in [-0.2, 0) is 19.1 Å². The molecular formula is C28H41N3O5S. The van der Waals surface area contributed by atoms with Crippen LogP contribution >= 0.6 is 11.8 Å². The number of amides is 2. The zero-order valence-corrected chi connectivity index (χ0v) is 23.3. The predicted molar refractivity (Wildman–Crippen MR) is 147 cm³/mol. The Morgan fingerprint density at radius 1 is 1.16 bits per heavy atom. The van der Waals surface area contributed by atoms with E-state index in [1.54, 1.807) is 23.6 Å². The fourth-order valence-corrected chi connectivity index (χ4v) is 9.10. The maximum atomic E-state index is 14.0. The van der Waals surface area contributed by atoms with Gasteiger partial charge < -0.3 is 25.0 Å². The van der Waals surface area contributed by atoms with Crippen molar-refractivity contribution in [3.63, 3.8) is 0 Å². The molecule has 2 N–H and O–H groups in total. The Hall–Kier alpha value is -2.26. The molecule has 2 amide bonds. The number of hydrogen-bond acceptors (Lipinski definition) is 7. The van der Waals surface area contributed by atoms with Crippen molar-refractivity contribution in [2.24, 2.45) is 17.8 Å². The minimum absolute atomic E-state index is 0.0109. The van der Waals surface area contributed by atoms with Crippen molar-refractivity contribution in [1.82, 2.24) is 4.90 Å². The number of nitrogens with zero attached hydrogens (tertiary/aromatic N) is 2. The summed E-state index contributed by atoms with van der Waals surface area (Å²) in [4.78, 5) is 44.9. The molecule has 3 saturated heterocycles. The Kier molecular flexibility index (Phi) is 8.74. The highest BCUT2D eigenvalue weighted by atomic mass is 32.2. The van der Waals surface area contributed by atoms with E-state index in [1.165, 1.54) is 0 Å². The molecule has 0 aliphatic carbocycles. The number of fused-ring (bicyclic) bond motifs is 1. The Balaban J connectivity index is 1.63. The molecule has 0 aromatic heterocycles. The van der Waals surface area contributed by atoms with E-state index in [2.05, 4.69) is 31.0 Å². The van der Waals surface area contributed by atoms with E-state index >= 15 is 0 Å². The molecule has 0 radical (unpaired) electrons. The van der Waals surface area contributed by atoms with Crippen molar-refractivity contribution in [2.75, 3.05) is 43.1 Å². The van der Waals surface area contributed by atoms with Gasteiger partial charge in [-0.2, -0.15) is 0 Å². The largest absolute Gasteiger partial charge is 0.466 e. The normalized spacial score (nSPS) is 29.9. The molecule has 4 rings (SSSR count). The van der Waals surface area contributed by atoms with Crippen LogP contribution in [0.25, 0.3) is 0 Å². The maximum Gasteiger partial charge on any atom is 0.310 e. The van der Waals surface area contributed by atoms with Crippen LogP contribution in [-0.4, -0.2) is 76.7 Å². The monoisotopic (exact) mass is 531 g/mol. The SMILES string of the molecule is CCOC(=O)[C@@H]1[C@H]2C(=O)N(CCCCCO)C(C(=O)Nc3ccc(N(CC)CC)cc3)C23S[C@@H]1CC3C. The molecule has 1 spiro atoms. The van der Waals surface area contributed by atoms with Crippen molar-refractivity contribution in [3.05, 3.63) is 24.3 Å². The van der Waals surface area contributed by atoms with Gasteiger partial charge >= 0.3 is 5.97 Å². The molecule has 37 heavy (non-hydrogen) atoms. The van der Waals surface area contributed by atoms with Gasteiger partial charge in [-0.15, -0.1) is 11.8 Å². The first-order valence-electron chi connectivity index (χ1n) is 13.8. The second kappa shape index (κ2) is 11.6. The first kappa shape index (κ1) is 27.8. The first-order valence-corrected chi connectivity index (χ1v) is 14.6. The lowest BCUT2D eigenvalue weighted by Gasteiger charge is -2.38. The zero-order valence-electron chi connectivity index (χ0n) is 22.4. The summed E-state index contributed by atoms with van der Waals surface area (Å²) in [5.41, 5.74) is 1.79. The average molecular weight is 532 g/mol. The number of aliphatic hydroxyl groups excluding tert-OH is 1. The van der Waals surface area contributed by atoms with Crippen LogP contribution in [0.1, 0.15) is 53.4 Å². The average Bonchev–Trinajstić information content (AvgIpc) is 3.47. The van der Waals surface area contributed by atoms with Crippen molar-refractivity contribution in [2.45, 2.75) is 69.4 Å². The van der Waals surface area contributed by atoms with Crippen LogP contribution in [0.3, 0.4) is 0 Å². The summed E-state index contributed by atoms with van der Waals surface area (Å²) < 4.78 is 4.75. The highest BCUT2D eigenvalue weighted by Gasteiger charge is 2.76. The number of hydrogen-bond donors (Lipinski definition) is 2. The van der Waals surface area contributed by atoms with Gasteiger partial charge in [0.25, 0.3) is 0 Å². The lowest BCUT2D eigenvalue weighted by molar-refractivity contribution is -0.154. The molecular weight excluding hydrogens is 490 g/mol. The zero-order chi connectivity index (χ0) is 26.7. The van der Waals surface area contributed by atoms with Crippen molar-refractivity contribution >= 4 is 40.9 Å². The van der Waals surface area contributed by atoms with E-state index in [4.69, 9.17) is 4.74 Å². The van der Waals surface area contributed by atoms with Crippen molar-refractivity contribution in [3.8, 4) is 0 Å². The van der Waals surface area contributed by atoms with E-state index in [0.29, 0.717) is 25.1 Å². The first-order chi connectivity index (χ1) is 17.8. The maximum absolute atomic E-state index is 14.0. The summed E-state index contributed by atoms with van der Waals surface area (Å²) >= 11 is 1.66. The Bertz CT molecular complexity index is 985. The van der Waals surface area contributed by atoms with Gasteiger partial charge in [-0.1, -0.05) is 6.92 Å². The quantitative estimate of drug-likeness (QED) is 0.314. The molecule has 3 unspecified atom stereocenters. The number of rotatable bonds is 12. The number of ether oxygens (including phenoxy) is 1. The summed E-state index contributed by atoms with van der Waals surface area (Å²) in [6.45, 7) is 10.7. The number of anilines is 2. The van der Waals surface area contributed by atoms with Gasteiger partial charge in [0.15, 0.2) is 0 Å². The van der Waals surface area contributed by atoms with Gasteiger partial charge in [0, 0.05) is 42.9 Å². The van der Waals surface area contributed by atoms with Crippen LogP contribution in [0, 0.1) is 17.8 Å². The molecule has 8 nitrogen and oxygen atoms in total. The molecule has 3 aliphatic heterocycles. The van der Waals surface area contributed by atoms with Crippen molar-refractivity contribution < 1.29 is 24.2 Å². The van der Waals surface area contributed by atoms with Crippen LogP contribution in [0.5, 0.6) is 0 Å². The van der Waals surface area contributed by atoms with Crippen LogP contribution < -0.4 is 10.2 Å². The Morgan fingerprint density at radius 2 is 1.86 bits per heavy atom. The van der Waals surface area contributed by atoms with E-state index < -0.39 is 22.6 Å². The summed E-state index contributed by atoms with van der Waals surface area (Å²) in [6.07, 6.45) is 2.92. The van der Waals surface area contributed by atoms with Crippen LogP contribution in [0.15, 0.2) is 24.3 Å². The van der Waals surface area contributed by atoms with Gasteiger partial charge in [-0.25, -0.2) is 0 Å². The molecule has 3 aliphatic rings. The molecule has 1 aromatic carbocycles. The smallest absolute Gasteiger partial charge is 0.310 e. The summed E-state index contributed by atoms with van der Waals surface area (Å²) in [5.74, 6) is -1.58. The van der Waals surface area contributed by atoms with Gasteiger partial charge in [0.2, 0.25) is 11.8 Å². The van der Waals surface area contributed by atoms with Gasteiger partial charge in [-0.3, -0.25) is 14.4 Å². The minimum Gasteiger partial charge on any atom is -0.466 e. The number of thioether (sulfide) groups is 1. The standard InChI is InChI=1S/C28H41N3O5S/c1-5-30(6-2)20-13-11-19(12-14-20)29-25(33)24-28-18(4)17-21(37-28)22(27(35)36-7-3)23(28)26(34)31(24)15-9-8-10-16-32/h11-14,18,21-24,32H,5-10,15-17H2,1-4H3,(H,29,33)/t18?,21-,22+,23+,24?,28?/m1/s1. The number of carbonyl (C=O) groups is 3. The molecule has 2 bridgehead atoms. The lowest BCUT2D eigenvalue weighted by Crippen LogP contribution is -2.54. The highest BCUT2D eigenvalue weighted by molar-refractivity contribution is 8.02. The van der Waals surface area contributed by atoms with Gasteiger partial charge in [0.1, 0.15) is 6.04 Å². The molecule has 3 heterocycles. The van der Waals surface area contributed by atoms with E-state index in [0.717, 1.165) is 31.6 Å². The summed E-state index contributed by atoms with van der Waals surface area (Å²) in [6, 6.07) is 7.17. The number of likely N-dealkylation sites (tertiary alicyclic amines) is 1. The van der Waals surface area contributed by atoms with Crippen LogP contribution in [0.2, 0.25) is 0 Å². The minimum atomic E-state index is -0.661. The molecule has 0 saturated carbocycles. The number of esters is 1. The lowest BCUT2D eigenvalue weighted by atomic mass is 9.66. The molecule has 204 valence electrons. The highest BCUT2D eigenvalue weighted by Crippen LogP contribution is 2.68. The topological polar surface area (TPSA) is 99.2 Å². The Morgan fingerprint density at radius 3 is 2.49 bits per heavy atom. The molecule has 3 fully saturated rings. The van der Waals surface area contributed by atoms with Crippen molar-refractivity contribution in [1.29, 1.82) is 0 Å². The number of carbonyl (C=O) groups excluding carboxylic acids is 3. The number of unbranched alkanes of at least 4 members (excludes halogenated alkanes) is 2. The predicted octanol–water partition coefficient (Wildman–Crippen LogP) is 3.53. The fraction of sp³-hybridized carbons (Fsp3) is 0.679. The van der Waals surface area contributed by atoms with E-state index in [9.17, 15) is 19.5 Å². The molecule has 1 aromatic rings. The number of benzene rings is 1. The third-order valence-electron chi connectivity index (χ3n) is 8.37. The third kappa shape index (κ3) is 4.85. The van der Waals surface area contributed by atoms with E-state index in [-0.39, 0.29) is 42.2 Å². The molecule has 9 heteroatoms. The van der Waals surface area contributed by atoms with Crippen LogP contribution in [0.4, 0.5) is 11.4 Å². The third-order valence-corrected chi connectivity index (χ3v) is 10.4. The molecule has 6 atom stereocenters. The number of aliphatic hydroxyl groups is 1. The second-order valence-electron chi connectivity index (χ2n) is 10.3. The fourth-order valence-electron chi connectivity index (χ4n) is 6.69. The number of nitrogens with one attached hydrogen (secondary N) is 1. The van der Waals surface area contributed by atoms with Gasteiger partial charge in [-0.05, 0) is 76.6 Å².